The Balaban J connectivity index is 2.28. The van der Waals surface area contributed by atoms with Gasteiger partial charge in [-0.2, -0.15) is 0 Å². The van der Waals surface area contributed by atoms with Crippen LogP contribution >= 0.6 is 0 Å². The summed E-state index contributed by atoms with van der Waals surface area (Å²) in [6, 6.07) is 17.4. The molecule has 1 aliphatic heterocycles. The minimum Gasteiger partial charge on any atom is -0.417 e. The molecule has 0 aliphatic carbocycles. The van der Waals surface area contributed by atoms with Crippen LogP contribution in [0.3, 0.4) is 0 Å². The molecule has 3 rings (SSSR count). The predicted octanol–water partition coefficient (Wildman–Crippen LogP) is 7.07. The summed E-state index contributed by atoms with van der Waals surface area (Å²) in [5.74, 6) is 0. The van der Waals surface area contributed by atoms with Gasteiger partial charge in [0, 0.05) is 13.7 Å². The molecule has 0 bridgehead atoms. The lowest BCUT2D eigenvalue weighted by Gasteiger charge is -2.38. The summed E-state index contributed by atoms with van der Waals surface area (Å²) in [5.41, 5.74) is 0.282. The Labute approximate surface area is 258 Å². The van der Waals surface area contributed by atoms with E-state index in [2.05, 4.69) is 71.2 Å². The van der Waals surface area contributed by atoms with E-state index in [1.165, 1.54) is 9.49 Å². The molecule has 0 radical (unpaired) electrons. The monoisotopic (exact) mass is 629 g/mol. The van der Waals surface area contributed by atoms with Crippen molar-refractivity contribution in [2.45, 2.75) is 109 Å². The van der Waals surface area contributed by atoms with Crippen molar-refractivity contribution < 1.29 is 22.2 Å². The molecule has 2 aromatic carbocycles. The second-order valence-corrected chi connectivity index (χ2v) is 25.8. The van der Waals surface area contributed by atoms with Gasteiger partial charge >= 0.3 is 7.12 Å². The van der Waals surface area contributed by atoms with Gasteiger partial charge in [-0.05, 0) is 71.3 Å². The second-order valence-electron chi connectivity index (χ2n) is 14.6. The summed E-state index contributed by atoms with van der Waals surface area (Å²) in [7, 11) is -7.67. The van der Waals surface area contributed by atoms with Gasteiger partial charge in [-0.1, -0.05) is 92.3 Å². The predicted molar refractivity (Wildman–Crippen MR) is 181 cm³/mol. The van der Waals surface area contributed by atoms with Gasteiger partial charge in [-0.15, -0.1) is 0 Å². The fraction of sp³-hybridized carbons (Fsp3) is 0.562. The summed E-state index contributed by atoms with van der Waals surface area (Å²) in [4.78, 5) is 0.237. The highest BCUT2D eigenvalue weighted by atomic mass is 32.2. The van der Waals surface area contributed by atoms with E-state index >= 15 is 0 Å². The quantitative estimate of drug-likeness (QED) is 0.263. The number of hydrogen-bond acceptors (Lipinski definition) is 5. The maximum absolute atomic E-state index is 14.3. The van der Waals surface area contributed by atoms with Crippen LogP contribution in [-0.4, -0.2) is 61.1 Å². The number of rotatable bonds is 10. The molecule has 0 aromatic heterocycles. The van der Waals surface area contributed by atoms with Crippen LogP contribution in [0.15, 0.2) is 70.3 Å². The van der Waals surface area contributed by atoms with Crippen LogP contribution < -0.4 is 5.19 Å². The van der Waals surface area contributed by atoms with E-state index in [9.17, 15) is 8.42 Å². The summed E-state index contributed by atoms with van der Waals surface area (Å²) in [5, 5.41) is 2.31. The number of benzene rings is 2. The molecule has 0 unspecified atom stereocenters. The molecule has 10 heteroatoms. The zero-order valence-electron chi connectivity index (χ0n) is 28.1. The summed E-state index contributed by atoms with van der Waals surface area (Å²) in [6.45, 7) is 26.2. The molecule has 232 valence electrons. The minimum absolute atomic E-state index is 0.0589. The Morgan fingerprint density at radius 2 is 1.40 bits per heavy atom. The summed E-state index contributed by atoms with van der Waals surface area (Å²) in [6.07, 6.45) is 0.577. The largest absolute Gasteiger partial charge is 0.512 e. The van der Waals surface area contributed by atoms with Gasteiger partial charge in [0.1, 0.15) is 8.07 Å². The van der Waals surface area contributed by atoms with Gasteiger partial charge in [-0.25, -0.2) is 8.42 Å². The molecular formula is C32H52BNO5SSi2. The minimum atomic E-state index is -3.93. The fourth-order valence-electron chi connectivity index (χ4n) is 4.85. The van der Waals surface area contributed by atoms with Crippen molar-refractivity contribution in [3.05, 3.63) is 71.0 Å². The van der Waals surface area contributed by atoms with Crippen LogP contribution in [0.2, 0.25) is 31.2 Å². The number of aryl methyl sites for hydroxylation is 1. The van der Waals surface area contributed by atoms with Gasteiger partial charge in [-0.3, -0.25) is 4.31 Å². The molecule has 0 spiro atoms. The van der Waals surface area contributed by atoms with E-state index in [-0.39, 0.29) is 9.93 Å². The Hall–Kier alpha value is -1.69. The zero-order valence-corrected chi connectivity index (χ0v) is 30.9. The van der Waals surface area contributed by atoms with Crippen LogP contribution in [0, 0.1) is 6.92 Å². The van der Waals surface area contributed by atoms with E-state index in [0.29, 0.717) is 18.6 Å². The van der Waals surface area contributed by atoms with Crippen molar-refractivity contribution in [2.24, 2.45) is 0 Å². The van der Waals surface area contributed by atoms with Crippen LogP contribution in [0.4, 0.5) is 0 Å². The molecule has 1 aliphatic rings. The average Bonchev–Trinajstić information content (AvgIpc) is 3.09. The normalized spacial score (nSPS) is 18.2. The third-order valence-electron chi connectivity index (χ3n) is 9.68. The van der Waals surface area contributed by atoms with E-state index < -0.39 is 44.7 Å². The molecule has 2 aromatic rings. The first-order valence-electron chi connectivity index (χ1n) is 14.9. The summed E-state index contributed by atoms with van der Waals surface area (Å²) >= 11 is 0. The van der Waals surface area contributed by atoms with E-state index in [1.54, 1.807) is 19.2 Å². The first-order valence-corrected chi connectivity index (χ1v) is 22.2. The smallest absolute Gasteiger partial charge is 0.417 e. The molecule has 1 fully saturated rings. The van der Waals surface area contributed by atoms with Crippen LogP contribution in [-0.2, 0) is 23.8 Å². The van der Waals surface area contributed by atoms with Crippen molar-refractivity contribution in [2.75, 3.05) is 13.7 Å². The Bertz CT molecular complexity index is 1370. The third kappa shape index (κ3) is 7.00. The van der Waals surface area contributed by atoms with Crippen LogP contribution in [0.1, 0.15) is 60.5 Å². The lowest BCUT2D eigenvalue weighted by atomic mass is 9.83. The first kappa shape index (κ1) is 34.8. The Morgan fingerprint density at radius 1 is 0.905 bits per heavy atom. The molecule has 1 heterocycles. The Kier molecular flexibility index (Phi) is 9.95. The van der Waals surface area contributed by atoms with E-state index in [4.69, 9.17) is 13.7 Å². The molecule has 0 saturated carbocycles. The van der Waals surface area contributed by atoms with Crippen molar-refractivity contribution in [3.8, 4) is 0 Å². The molecule has 0 amide bonds. The highest BCUT2D eigenvalue weighted by Gasteiger charge is 2.55. The lowest BCUT2D eigenvalue weighted by molar-refractivity contribution is 0.00578. The van der Waals surface area contributed by atoms with Crippen molar-refractivity contribution in [1.29, 1.82) is 0 Å². The van der Waals surface area contributed by atoms with Gasteiger partial charge in [0.15, 0.2) is 8.32 Å². The van der Waals surface area contributed by atoms with Crippen LogP contribution in [0.25, 0.3) is 0 Å². The Morgan fingerprint density at radius 3 is 1.88 bits per heavy atom. The molecule has 0 N–H and O–H groups in total. The maximum Gasteiger partial charge on any atom is 0.512 e. The van der Waals surface area contributed by atoms with Gasteiger partial charge in [0.2, 0.25) is 0 Å². The SMILES string of the molecule is Cc1ccc(S(=O)(=O)N(C)/C(B2OC(C)(C)C(C)(C)O2)=C(\CCO[Si](C)(C)C(C)(C)C)[Si](C)(C)c2ccccc2)cc1. The average molecular weight is 630 g/mol. The van der Waals surface area contributed by atoms with Crippen molar-refractivity contribution in [3.63, 3.8) is 0 Å². The zero-order chi connectivity index (χ0) is 31.9. The summed E-state index contributed by atoms with van der Waals surface area (Å²) < 4.78 is 49.9. The second kappa shape index (κ2) is 12.0. The van der Waals surface area contributed by atoms with Crippen molar-refractivity contribution >= 4 is 38.7 Å². The topological polar surface area (TPSA) is 65.1 Å². The maximum atomic E-state index is 14.3. The highest BCUT2D eigenvalue weighted by molar-refractivity contribution is 7.89. The lowest BCUT2D eigenvalue weighted by Crippen LogP contribution is -2.49. The van der Waals surface area contributed by atoms with E-state index in [1.807, 2.05) is 52.8 Å². The highest BCUT2D eigenvalue weighted by Crippen LogP contribution is 2.42. The van der Waals surface area contributed by atoms with Gasteiger partial charge in [0.05, 0.1) is 21.7 Å². The number of hydrogen-bond donors (Lipinski definition) is 0. The molecule has 6 nitrogen and oxygen atoms in total. The fourth-order valence-corrected chi connectivity index (χ4v) is 10.3. The first-order chi connectivity index (χ1) is 19.0. The van der Waals surface area contributed by atoms with Crippen molar-refractivity contribution in [1.82, 2.24) is 4.31 Å². The van der Waals surface area contributed by atoms with Gasteiger partial charge < -0.3 is 13.7 Å². The molecule has 0 atom stereocenters. The number of sulfonamides is 1. The standard InChI is InChI=1S/C32H52BNO5SSi2/c1-25-19-21-26(22-20-25)40(35,36)34(9)29(33-38-31(5,6)32(7,8)39-33)28(23-24-37-42(12,13)30(2,3)4)41(10,11)27-17-15-14-16-18-27/h14-22H,23-24H2,1-13H3/b29-28+. The third-order valence-corrected chi connectivity index (χ3v) is 19.8. The molecule has 42 heavy (non-hydrogen) atoms. The van der Waals surface area contributed by atoms with E-state index in [0.717, 1.165) is 10.8 Å². The number of nitrogens with zero attached hydrogens (tertiary/aromatic N) is 1. The van der Waals surface area contributed by atoms with Crippen LogP contribution in [0.5, 0.6) is 0 Å². The van der Waals surface area contributed by atoms with Gasteiger partial charge in [0.25, 0.3) is 10.0 Å². The molecular weight excluding hydrogens is 577 g/mol. The molecule has 1 saturated heterocycles.